The lowest BCUT2D eigenvalue weighted by Gasteiger charge is -2.04. The second-order valence-corrected chi connectivity index (χ2v) is 3.54. The van der Waals surface area contributed by atoms with E-state index in [9.17, 15) is 14.9 Å². The summed E-state index contributed by atoms with van der Waals surface area (Å²) >= 11 is 0. The molecule has 1 aromatic carbocycles. The van der Waals surface area contributed by atoms with Crippen LogP contribution in [-0.4, -0.2) is 21.0 Å². The van der Waals surface area contributed by atoms with Crippen molar-refractivity contribution in [2.24, 2.45) is 0 Å². The van der Waals surface area contributed by atoms with Gasteiger partial charge in [0.2, 0.25) is 0 Å². The SMILES string of the molecule is O=C(O)c1ccc(Oc2ccc([N+](=O)[O-])cc2)cn1. The molecule has 2 aromatic rings. The van der Waals surface area contributed by atoms with Crippen LogP contribution in [0, 0.1) is 10.1 Å². The highest BCUT2D eigenvalue weighted by Crippen LogP contribution is 2.23. The van der Waals surface area contributed by atoms with Gasteiger partial charge in [-0.05, 0) is 24.3 Å². The van der Waals surface area contributed by atoms with E-state index in [0.717, 1.165) is 0 Å². The lowest BCUT2D eigenvalue weighted by molar-refractivity contribution is -0.384. The summed E-state index contributed by atoms with van der Waals surface area (Å²) in [4.78, 5) is 24.3. The molecule has 0 saturated carbocycles. The Morgan fingerprint density at radius 2 is 1.79 bits per heavy atom. The van der Waals surface area contributed by atoms with E-state index in [1.54, 1.807) is 0 Å². The van der Waals surface area contributed by atoms with E-state index in [-0.39, 0.29) is 11.4 Å². The molecule has 1 heterocycles. The Labute approximate surface area is 107 Å². The fourth-order valence-electron chi connectivity index (χ4n) is 1.34. The molecule has 7 heteroatoms. The Balaban J connectivity index is 2.12. The highest BCUT2D eigenvalue weighted by molar-refractivity contribution is 5.85. The van der Waals surface area contributed by atoms with Crippen LogP contribution < -0.4 is 4.74 Å². The van der Waals surface area contributed by atoms with Crippen molar-refractivity contribution in [2.45, 2.75) is 0 Å². The molecule has 19 heavy (non-hydrogen) atoms. The van der Waals surface area contributed by atoms with Crippen molar-refractivity contribution in [3.8, 4) is 11.5 Å². The van der Waals surface area contributed by atoms with Crippen LogP contribution in [0.1, 0.15) is 10.5 Å². The normalized spacial score (nSPS) is 9.89. The highest BCUT2D eigenvalue weighted by Gasteiger charge is 2.07. The van der Waals surface area contributed by atoms with Gasteiger partial charge in [-0.2, -0.15) is 0 Å². The molecule has 7 nitrogen and oxygen atoms in total. The van der Waals surface area contributed by atoms with Gasteiger partial charge in [-0.25, -0.2) is 9.78 Å². The Kier molecular flexibility index (Phi) is 3.37. The number of nitrogens with zero attached hydrogens (tertiary/aromatic N) is 2. The molecule has 0 amide bonds. The summed E-state index contributed by atoms with van der Waals surface area (Å²) in [5, 5.41) is 19.2. The molecule has 2 rings (SSSR count). The number of benzene rings is 1. The lowest BCUT2D eigenvalue weighted by atomic mass is 10.3. The average Bonchev–Trinajstić information content (AvgIpc) is 2.40. The van der Waals surface area contributed by atoms with Crippen LogP contribution >= 0.6 is 0 Å². The minimum absolute atomic E-state index is 0.0355. The number of pyridine rings is 1. The summed E-state index contributed by atoms with van der Waals surface area (Å²) in [6.45, 7) is 0. The molecule has 0 spiro atoms. The van der Waals surface area contributed by atoms with E-state index in [0.29, 0.717) is 11.5 Å². The van der Waals surface area contributed by atoms with Crippen LogP contribution in [0.2, 0.25) is 0 Å². The van der Waals surface area contributed by atoms with Gasteiger partial charge < -0.3 is 9.84 Å². The van der Waals surface area contributed by atoms with Crippen molar-refractivity contribution >= 4 is 11.7 Å². The molecular weight excluding hydrogens is 252 g/mol. The number of hydrogen-bond acceptors (Lipinski definition) is 5. The molecule has 0 atom stereocenters. The van der Waals surface area contributed by atoms with Gasteiger partial charge in [0.25, 0.3) is 5.69 Å². The fraction of sp³-hybridized carbons (Fsp3) is 0. The van der Waals surface area contributed by atoms with Crippen molar-refractivity contribution in [3.63, 3.8) is 0 Å². The second-order valence-electron chi connectivity index (χ2n) is 3.54. The van der Waals surface area contributed by atoms with Crippen LogP contribution in [0.25, 0.3) is 0 Å². The molecular formula is C12H8N2O5. The van der Waals surface area contributed by atoms with E-state index >= 15 is 0 Å². The lowest BCUT2D eigenvalue weighted by Crippen LogP contribution is -1.99. The number of nitro groups is 1. The summed E-state index contributed by atoms with van der Waals surface area (Å²) in [5.41, 5.74) is -0.122. The van der Waals surface area contributed by atoms with Gasteiger partial charge in [0.15, 0.2) is 0 Å². The number of ether oxygens (including phenoxy) is 1. The van der Waals surface area contributed by atoms with Crippen molar-refractivity contribution in [1.82, 2.24) is 4.98 Å². The Bertz CT molecular complexity index is 552. The summed E-state index contributed by atoms with van der Waals surface area (Å²) in [7, 11) is 0. The van der Waals surface area contributed by atoms with E-state index in [1.807, 2.05) is 0 Å². The molecule has 0 aliphatic carbocycles. The molecule has 0 unspecified atom stereocenters. The largest absolute Gasteiger partial charge is 0.477 e. The van der Waals surface area contributed by atoms with Crippen LogP contribution in [0.15, 0.2) is 42.6 Å². The average molecular weight is 260 g/mol. The first-order valence-corrected chi connectivity index (χ1v) is 5.18. The topological polar surface area (TPSA) is 103 Å². The summed E-state index contributed by atoms with van der Waals surface area (Å²) in [5.74, 6) is -0.379. The zero-order valence-electron chi connectivity index (χ0n) is 9.52. The van der Waals surface area contributed by atoms with Gasteiger partial charge >= 0.3 is 5.97 Å². The first-order chi connectivity index (χ1) is 9.06. The van der Waals surface area contributed by atoms with Gasteiger partial charge in [0.05, 0.1) is 11.1 Å². The Hall–Kier alpha value is -2.96. The number of carboxylic acids is 1. The number of nitro benzene ring substituents is 1. The van der Waals surface area contributed by atoms with E-state index in [2.05, 4.69) is 4.98 Å². The van der Waals surface area contributed by atoms with Gasteiger partial charge in [0, 0.05) is 12.1 Å². The highest BCUT2D eigenvalue weighted by atomic mass is 16.6. The van der Waals surface area contributed by atoms with Crippen LogP contribution in [0.3, 0.4) is 0 Å². The predicted molar refractivity (Wildman–Crippen MR) is 64.4 cm³/mol. The summed E-state index contributed by atoms with van der Waals surface area (Å²) < 4.78 is 5.37. The second kappa shape index (κ2) is 5.13. The molecule has 0 aliphatic heterocycles. The summed E-state index contributed by atoms with van der Waals surface area (Å²) in [6, 6.07) is 8.29. The van der Waals surface area contributed by atoms with Crippen molar-refractivity contribution in [1.29, 1.82) is 0 Å². The molecule has 1 aromatic heterocycles. The first kappa shape index (κ1) is 12.5. The Morgan fingerprint density at radius 3 is 2.26 bits per heavy atom. The predicted octanol–water partition coefficient (Wildman–Crippen LogP) is 2.48. The fourth-order valence-corrected chi connectivity index (χ4v) is 1.34. The Morgan fingerprint density at radius 1 is 1.16 bits per heavy atom. The van der Waals surface area contributed by atoms with Gasteiger partial charge in [0.1, 0.15) is 17.2 Å². The molecule has 0 aliphatic rings. The van der Waals surface area contributed by atoms with Crippen molar-refractivity contribution < 1.29 is 19.6 Å². The number of rotatable bonds is 4. The zero-order chi connectivity index (χ0) is 13.8. The molecule has 0 bridgehead atoms. The smallest absolute Gasteiger partial charge is 0.354 e. The number of hydrogen-bond donors (Lipinski definition) is 1. The third-order valence-corrected chi connectivity index (χ3v) is 2.24. The minimum atomic E-state index is -1.12. The van der Waals surface area contributed by atoms with Crippen LogP contribution in [-0.2, 0) is 0 Å². The van der Waals surface area contributed by atoms with Gasteiger partial charge in [-0.3, -0.25) is 10.1 Å². The number of non-ortho nitro benzene ring substituents is 1. The van der Waals surface area contributed by atoms with Crippen LogP contribution in [0.4, 0.5) is 5.69 Å². The minimum Gasteiger partial charge on any atom is -0.477 e. The van der Waals surface area contributed by atoms with Gasteiger partial charge in [-0.15, -0.1) is 0 Å². The van der Waals surface area contributed by atoms with E-state index in [4.69, 9.17) is 9.84 Å². The maximum Gasteiger partial charge on any atom is 0.354 e. The van der Waals surface area contributed by atoms with E-state index in [1.165, 1.54) is 42.6 Å². The van der Waals surface area contributed by atoms with Crippen molar-refractivity contribution in [2.75, 3.05) is 0 Å². The quantitative estimate of drug-likeness (QED) is 0.669. The number of carboxylic acid groups (broad SMARTS) is 1. The monoisotopic (exact) mass is 260 g/mol. The van der Waals surface area contributed by atoms with Crippen LogP contribution in [0.5, 0.6) is 11.5 Å². The van der Waals surface area contributed by atoms with Crippen molar-refractivity contribution in [3.05, 3.63) is 58.4 Å². The molecule has 0 radical (unpaired) electrons. The molecule has 96 valence electrons. The zero-order valence-corrected chi connectivity index (χ0v) is 9.52. The third-order valence-electron chi connectivity index (χ3n) is 2.24. The number of carbonyl (C=O) groups is 1. The van der Waals surface area contributed by atoms with E-state index < -0.39 is 10.9 Å². The maximum atomic E-state index is 10.6. The molecule has 0 fully saturated rings. The van der Waals surface area contributed by atoms with Gasteiger partial charge in [-0.1, -0.05) is 0 Å². The third kappa shape index (κ3) is 3.03. The number of aromatic carboxylic acids is 1. The number of aromatic nitrogens is 1. The molecule has 0 saturated heterocycles. The standard InChI is InChI=1S/C12H8N2O5/c15-12(16)11-6-5-10(7-13-11)19-9-3-1-8(2-4-9)14(17)18/h1-7H,(H,15,16). The maximum absolute atomic E-state index is 10.6. The summed E-state index contributed by atoms with van der Waals surface area (Å²) in [6.07, 6.45) is 1.27. The molecule has 1 N–H and O–H groups in total. The first-order valence-electron chi connectivity index (χ1n) is 5.18.